The third-order valence-corrected chi connectivity index (χ3v) is 5.75. The first-order valence-corrected chi connectivity index (χ1v) is 10.8. The molecule has 0 spiro atoms. The van der Waals surface area contributed by atoms with Crippen molar-refractivity contribution in [3.63, 3.8) is 0 Å². The van der Waals surface area contributed by atoms with Gasteiger partial charge in [0.2, 0.25) is 17.6 Å². The van der Waals surface area contributed by atoms with Gasteiger partial charge in [0.05, 0.1) is 6.54 Å². The fourth-order valence-corrected chi connectivity index (χ4v) is 3.87. The first kappa shape index (κ1) is 21.2. The molecule has 1 aromatic heterocycles. The Morgan fingerprint density at radius 2 is 1.84 bits per heavy atom. The van der Waals surface area contributed by atoms with Gasteiger partial charge in [-0.2, -0.15) is 4.98 Å². The first-order valence-electron chi connectivity index (χ1n) is 10.8. The number of nitrogens with one attached hydrogen (secondary N) is 1. The van der Waals surface area contributed by atoms with E-state index in [1.807, 2.05) is 30.3 Å². The van der Waals surface area contributed by atoms with E-state index in [9.17, 15) is 9.18 Å². The fraction of sp³-hybridized carbons (Fsp3) is 0.375. The maximum absolute atomic E-state index is 12.9. The molecule has 4 rings (SSSR count). The number of nitrogens with zero attached hydrogens (tertiary/aromatic N) is 3. The number of aromatic nitrogens is 2. The van der Waals surface area contributed by atoms with Crippen molar-refractivity contribution < 1.29 is 13.7 Å². The highest BCUT2D eigenvalue weighted by Crippen LogP contribution is 2.23. The molecule has 0 saturated carbocycles. The number of amides is 1. The summed E-state index contributed by atoms with van der Waals surface area (Å²) in [7, 11) is 0. The molecule has 0 atom stereocenters. The molecule has 7 heteroatoms. The molecular weight excluding hydrogens is 395 g/mol. The third-order valence-electron chi connectivity index (χ3n) is 5.75. The minimum Gasteiger partial charge on any atom is -0.352 e. The lowest BCUT2D eigenvalue weighted by Gasteiger charge is -2.30. The van der Waals surface area contributed by atoms with Gasteiger partial charge < -0.3 is 9.84 Å². The molecule has 1 N–H and O–H groups in total. The van der Waals surface area contributed by atoms with Gasteiger partial charge in [-0.1, -0.05) is 47.6 Å². The summed E-state index contributed by atoms with van der Waals surface area (Å²) in [6, 6.07) is 16.0. The average Bonchev–Trinajstić information content (AvgIpc) is 3.27. The minimum atomic E-state index is -0.267. The summed E-state index contributed by atoms with van der Waals surface area (Å²) in [5, 5.41) is 7.00. The molecule has 0 radical (unpaired) electrons. The second-order valence-electron chi connectivity index (χ2n) is 8.04. The van der Waals surface area contributed by atoms with E-state index < -0.39 is 0 Å². The Labute approximate surface area is 181 Å². The van der Waals surface area contributed by atoms with Crippen molar-refractivity contribution in [3.05, 3.63) is 71.9 Å². The van der Waals surface area contributed by atoms with E-state index >= 15 is 0 Å². The third kappa shape index (κ3) is 6.21. The van der Waals surface area contributed by atoms with Gasteiger partial charge in [-0.15, -0.1) is 0 Å². The van der Waals surface area contributed by atoms with Crippen LogP contribution in [0.15, 0.2) is 59.1 Å². The molecule has 1 fully saturated rings. The van der Waals surface area contributed by atoms with Crippen molar-refractivity contribution in [1.82, 2.24) is 20.4 Å². The van der Waals surface area contributed by atoms with E-state index in [4.69, 9.17) is 4.52 Å². The van der Waals surface area contributed by atoms with Gasteiger partial charge in [-0.25, -0.2) is 4.39 Å². The number of carbonyl (C=O) groups is 1. The molecule has 3 aromatic rings. The molecule has 2 heterocycles. The van der Waals surface area contributed by atoms with Crippen molar-refractivity contribution in [1.29, 1.82) is 0 Å². The zero-order valence-electron chi connectivity index (χ0n) is 17.5. The fourth-order valence-electron chi connectivity index (χ4n) is 3.87. The van der Waals surface area contributed by atoms with E-state index in [0.29, 0.717) is 37.1 Å². The standard InChI is InChI=1S/C24H27FN4O2/c25-21-9-6-19(7-10-21)16-26-22(30)11-8-18-12-14-29(15-13-18)17-23-27-24(28-31-23)20-4-2-1-3-5-20/h1-7,9-10,18H,8,11-17H2,(H,26,30). The van der Waals surface area contributed by atoms with Crippen LogP contribution in [-0.4, -0.2) is 34.0 Å². The monoisotopic (exact) mass is 422 g/mol. The average molecular weight is 423 g/mol. The van der Waals surface area contributed by atoms with E-state index in [2.05, 4.69) is 20.4 Å². The first-order chi connectivity index (χ1) is 15.2. The van der Waals surface area contributed by atoms with Crippen LogP contribution in [0.2, 0.25) is 0 Å². The Bertz CT molecular complexity index is 967. The van der Waals surface area contributed by atoms with E-state index in [1.165, 1.54) is 12.1 Å². The molecular formula is C24H27FN4O2. The Kier molecular flexibility index (Phi) is 7.04. The van der Waals surface area contributed by atoms with Crippen LogP contribution in [0.1, 0.15) is 37.1 Å². The number of likely N-dealkylation sites (tertiary alicyclic amines) is 1. The topological polar surface area (TPSA) is 71.3 Å². The highest BCUT2D eigenvalue weighted by atomic mass is 19.1. The number of rotatable bonds is 8. The number of halogens is 1. The van der Waals surface area contributed by atoms with Crippen LogP contribution in [-0.2, 0) is 17.9 Å². The summed E-state index contributed by atoms with van der Waals surface area (Å²) in [5.41, 5.74) is 1.86. The smallest absolute Gasteiger partial charge is 0.241 e. The highest BCUT2D eigenvalue weighted by Gasteiger charge is 2.21. The molecule has 1 amide bonds. The Morgan fingerprint density at radius 3 is 2.58 bits per heavy atom. The van der Waals surface area contributed by atoms with Crippen molar-refractivity contribution in [2.45, 2.75) is 38.8 Å². The summed E-state index contributed by atoms with van der Waals surface area (Å²) in [5.74, 6) is 1.59. The largest absolute Gasteiger partial charge is 0.352 e. The van der Waals surface area contributed by atoms with Crippen molar-refractivity contribution in [2.75, 3.05) is 13.1 Å². The van der Waals surface area contributed by atoms with Crippen LogP contribution in [0, 0.1) is 11.7 Å². The minimum absolute atomic E-state index is 0.0473. The molecule has 1 aliphatic heterocycles. The van der Waals surface area contributed by atoms with Gasteiger partial charge in [-0.3, -0.25) is 9.69 Å². The molecule has 6 nitrogen and oxygen atoms in total. The number of piperidine rings is 1. The molecule has 0 unspecified atom stereocenters. The van der Waals surface area contributed by atoms with Gasteiger partial charge in [-0.05, 0) is 56.0 Å². The van der Waals surface area contributed by atoms with Gasteiger partial charge in [0.15, 0.2) is 0 Å². The summed E-state index contributed by atoms with van der Waals surface area (Å²) in [4.78, 5) is 19.0. The van der Waals surface area contributed by atoms with Crippen molar-refractivity contribution in [3.8, 4) is 11.4 Å². The molecule has 1 saturated heterocycles. The molecule has 1 aliphatic rings. The lowest BCUT2D eigenvalue weighted by Crippen LogP contribution is -2.34. The normalized spacial score (nSPS) is 15.1. The van der Waals surface area contributed by atoms with Gasteiger partial charge in [0.25, 0.3) is 0 Å². The molecule has 0 aliphatic carbocycles. The van der Waals surface area contributed by atoms with Crippen LogP contribution in [0.5, 0.6) is 0 Å². The quantitative estimate of drug-likeness (QED) is 0.590. The predicted octanol–water partition coefficient (Wildman–Crippen LogP) is 4.18. The SMILES string of the molecule is O=C(CCC1CCN(Cc2nc(-c3ccccc3)no2)CC1)NCc1ccc(F)cc1. The van der Waals surface area contributed by atoms with Crippen LogP contribution in [0.3, 0.4) is 0 Å². The van der Waals surface area contributed by atoms with Crippen LogP contribution >= 0.6 is 0 Å². The number of carbonyl (C=O) groups excluding carboxylic acids is 1. The highest BCUT2D eigenvalue weighted by molar-refractivity contribution is 5.75. The van der Waals surface area contributed by atoms with Gasteiger partial charge in [0.1, 0.15) is 5.82 Å². The predicted molar refractivity (Wildman–Crippen MR) is 115 cm³/mol. The van der Waals surface area contributed by atoms with Crippen LogP contribution in [0.4, 0.5) is 4.39 Å². The van der Waals surface area contributed by atoms with Crippen LogP contribution in [0.25, 0.3) is 11.4 Å². The Balaban J connectivity index is 1.15. The summed E-state index contributed by atoms with van der Waals surface area (Å²) >= 11 is 0. The van der Waals surface area contributed by atoms with Gasteiger partial charge in [0, 0.05) is 18.5 Å². The zero-order valence-corrected chi connectivity index (χ0v) is 17.5. The van der Waals surface area contributed by atoms with Crippen molar-refractivity contribution in [2.24, 2.45) is 5.92 Å². The second kappa shape index (κ2) is 10.3. The maximum atomic E-state index is 12.9. The van der Waals surface area contributed by atoms with Crippen molar-refractivity contribution >= 4 is 5.91 Å². The maximum Gasteiger partial charge on any atom is 0.241 e. The van der Waals surface area contributed by atoms with Crippen LogP contribution < -0.4 is 5.32 Å². The van der Waals surface area contributed by atoms with E-state index in [1.54, 1.807) is 12.1 Å². The summed E-state index contributed by atoms with van der Waals surface area (Å²) < 4.78 is 18.4. The lowest BCUT2D eigenvalue weighted by atomic mass is 9.92. The van der Waals surface area contributed by atoms with E-state index in [-0.39, 0.29) is 11.7 Å². The van der Waals surface area contributed by atoms with Gasteiger partial charge >= 0.3 is 0 Å². The number of benzene rings is 2. The number of hydrogen-bond donors (Lipinski definition) is 1. The zero-order chi connectivity index (χ0) is 21.5. The second-order valence-corrected chi connectivity index (χ2v) is 8.04. The lowest BCUT2D eigenvalue weighted by molar-refractivity contribution is -0.121. The summed E-state index contributed by atoms with van der Waals surface area (Å²) in [6.07, 6.45) is 3.54. The Morgan fingerprint density at radius 1 is 1.10 bits per heavy atom. The molecule has 0 bridgehead atoms. The molecule has 31 heavy (non-hydrogen) atoms. The summed E-state index contributed by atoms with van der Waals surface area (Å²) in [6.45, 7) is 3.02. The number of hydrogen-bond acceptors (Lipinski definition) is 5. The van der Waals surface area contributed by atoms with E-state index in [0.717, 1.165) is 43.5 Å². The molecule has 162 valence electrons. The molecule has 2 aromatic carbocycles. The Hall–Kier alpha value is -3.06.